The molecule has 3 heterocycles. The predicted octanol–water partition coefficient (Wildman–Crippen LogP) is 4.78. The molecule has 0 radical (unpaired) electrons. The van der Waals surface area contributed by atoms with E-state index in [-0.39, 0.29) is 0 Å². The fraction of sp³-hybridized carbons (Fsp3) is 0.364. The number of nitrogens with zero attached hydrogens (tertiary/aromatic N) is 1. The van der Waals surface area contributed by atoms with Gasteiger partial charge in [-0.2, -0.15) is 0 Å². The van der Waals surface area contributed by atoms with Gasteiger partial charge in [0.2, 0.25) is 0 Å². The van der Waals surface area contributed by atoms with Crippen LogP contribution in [0.3, 0.4) is 0 Å². The Labute approximate surface area is 191 Å². The first kappa shape index (κ1) is 22.1. The Hall–Kier alpha value is -2.07. The quantitative estimate of drug-likeness (QED) is 0.535. The Morgan fingerprint density at radius 3 is 2.35 bits per heavy atom. The SMILES string of the molecule is COc1ccc(NS(=O)(=O)c2ccc(-c3ccc(C)s3)s2)cc1N1C[C@@H](C)N[C@@H](C)C1. The number of hydrogen-bond donors (Lipinski definition) is 2. The topological polar surface area (TPSA) is 70.7 Å². The van der Waals surface area contributed by atoms with Gasteiger partial charge < -0.3 is 15.0 Å². The van der Waals surface area contributed by atoms with Gasteiger partial charge in [-0.25, -0.2) is 8.42 Å². The van der Waals surface area contributed by atoms with Crippen LogP contribution in [0, 0.1) is 6.92 Å². The number of thiophene rings is 2. The van der Waals surface area contributed by atoms with Crippen LogP contribution in [0.4, 0.5) is 11.4 Å². The van der Waals surface area contributed by atoms with Crippen molar-refractivity contribution in [3.63, 3.8) is 0 Å². The molecule has 2 atom stereocenters. The van der Waals surface area contributed by atoms with E-state index in [1.165, 1.54) is 16.2 Å². The molecule has 1 fully saturated rings. The third kappa shape index (κ3) is 4.90. The van der Waals surface area contributed by atoms with Crippen molar-refractivity contribution < 1.29 is 13.2 Å². The first-order valence-corrected chi connectivity index (χ1v) is 13.3. The van der Waals surface area contributed by atoms with E-state index in [0.29, 0.717) is 22.0 Å². The van der Waals surface area contributed by atoms with Crippen molar-refractivity contribution in [2.45, 2.75) is 37.1 Å². The van der Waals surface area contributed by atoms with Crippen LogP contribution in [0.1, 0.15) is 18.7 Å². The van der Waals surface area contributed by atoms with Crippen molar-refractivity contribution in [3.8, 4) is 15.5 Å². The molecular formula is C22H27N3O3S3. The summed E-state index contributed by atoms with van der Waals surface area (Å²) in [6, 6.07) is 13.7. The van der Waals surface area contributed by atoms with Crippen LogP contribution in [0.2, 0.25) is 0 Å². The van der Waals surface area contributed by atoms with Crippen LogP contribution in [0.15, 0.2) is 46.7 Å². The Balaban J connectivity index is 1.59. The minimum absolute atomic E-state index is 0.301. The van der Waals surface area contributed by atoms with E-state index in [0.717, 1.165) is 34.3 Å². The fourth-order valence-electron chi connectivity index (χ4n) is 3.89. The van der Waals surface area contributed by atoms with Crippen molar-refractivity contribution in [3.05, 3.63) is 47.3 Å². The summed E-state index contributed by atoms with van der Waals surface area (Å²) in [7, 11) is -2.04. The Kier molecular flexibility index (Phi) is 6.30. The largest absolute Gasteiger partial charge is 0.495 e. The molecule has 1 saturated heterocycles. The molecule has 1 aromatic carbocycles. The van der Waals surface area contributed by atoms with Crippen molar-refractivity contribution in [2.75, 3.05) is 29.8 Å². The van der Waals surface area contributed by atoms with Crippen LogP contribution in [-0.4, -0.2) is 40.7 Å². The summed E-state index contributed by atoms with van der Waals surface area (Å²) >= 11 is 2.94. The second kappa shape index (κ2) is 8.82. The lowest BCUT2D eigenvalue weighted by Crippen LogP contribution is -2.54. The predicted molar refractivity (Wildman–Crippen MR) is 130 cm³/mol. The Morgan fingerprint density at radius 2 is 1.71 bits per heavy atom. The lowest BCUT2D eigenvalue weighted by atomic mass is 10.1. The van der Waals surface area contributed by atoms with Crippen LogP contribution >= 0.6 is 22.7 Å². The number of ether oxygens (including phenoxy) is 1. The molecule has 2 N–H and O–H groups in total. The fourth-order valence-corrected chi connectivity index (χ4v) is 7.21. The van der Waals surface area contributed by atoms with Crippen LogP contribution < -0.4 is 19.7 Å². The lowest BCUT2D eigenvalue weighted by Gasteiger charge is -2.38. The molecule has 0 spiro atoms. The molecule has 0 bridgehead atoms. The number of methoxy groups -OCH3 is 1. The summed E-state index contributed by atoms with van der Waals surface area (Å²) in [5.41, 5.74) is 1.42. The second-order valence-electron chi connectivity index (χ2n) is 7.89. The number of anilines is 2. The van der Waals surface area contributed by atoms with Crippen molar-refractivity contribution in [1.82, 2.24) is 5.32 Å². The van der Waals surface area contributed by atoms with Crippen molar-refractivity contribution >= 4 is 44.1 Å². The Bertz CT molecular complexity index is 1160. The highest BCUT2D eigenvalue weighted by Gasteiger charge is 2.25. The average Bonchev–Trinajstić information content (AvgIpc) is 3.36. The molecule has 0 unspecified atom stereocenters. The van der Waals surface area contributed by atoms with Gasteiger partial charge in [-0.3, -0.25) is 4.72 Å². The molecule has 1 aliphatic heterocycles. The highest BCUT2D eigenvalue weighted by Crippen LogP contribution is 2.37. The zero-order chi connectivity index (χ0) is 22.2. The van der Waals surface area contributed by atoms with E-state index in [1.54, 1.807) is 30.6 Å². The summed E-state index contributed by atoms with van der Waals surface area (Å²) in [4.78, 5) is 5.48. The standard InChI is InChI=1S/C22H27N3O3S3/c1-14-12-25(13-15(2)23-14)18-11-17(6-7-19(18)28-4)24-31(26,27)22-10-9-21(30-22)20-8-5-16(3)29-20/h5-11,14-15,23-24H,12-13H2,1-4H3/t14-,15+. The third-order valence-corrected chi connectivity index (χ3v) is 9.31. The van der Waals surface area contributed by atoms with E-state index < -0.39 is 10.0 Å². The number of benzene rings is 1. The summed E-state index contributed by atoms with van der Waals surface area (Å²) in [6.45, 7) is 7.98. The minimum Gasteiger partial charge on any atom is -0.495 e. The summed E-state index contributed by atoms with van der Waals surface area (Å²) in [5, 5.41) is 3.52. The van der Waals surface area contributed by atoms with Crippen molar-refractivity contribution in [2.24, 2.45) is 0 Å². The van der Waals surface area contributed by atoms with Crippen LogP contribution in [-0.2, 0) is 10.0 Å². The summed E-state index contributed by atoms with van der Waals surface area (Å²) < 4.78 is 34.7. The zero-order valence-electron chi connectivity index (χ0n) is 18.0. The van der Waals surface area contributed by atoms with E-state index in [1.807, 2.05) is 37.3 Å². The van der Waals surface area contributed by atoms with Gasteiger partial charge >= 0.3 is 0 Å². The molecule has 0 amide bonds. The van der Waals surface area contributed by atoms with Crippen LogP contribution in [0.25, 0.3) is 9.75 Å². The first-order chi connectivity index (χ1) is 14.7. The van der Waals surface area contributed by atoms with E-state index in [2.05, 4.69) is 28.8 Å². The first-order valence-electron chi connectivity index (χ1n) is 10.1. The van der Waals surface area contributed by atoms with Gasteiger partial charge in [0, 0.05) is 39.8 Å². The Morgan fingerprint density at radius 1 is 1.03 bits per heavy atom. The average molecular weight is 478 g/mol. The molecule has 1 aliphatic rings. The maximum Gasteiger partial charge on any atom is 0.271 e. The minimum atomic E-state index is -3.68. The number of nitrogens with one attached hydrogen (secondary N) is 2. The summed E-state index contributed by atoms with van der Waals surface area (Å²) in [5.74, 6) is 0.732. The second-order valence-corrected chi connectivity index (χ2v) is 12.2. The van der Waals surface area contributed by atoms with Crippen LogP contribution in [0.5, 0.6) is 5.75 Å². The number of hydrogen-bond acceptors (Lipinski definition) is 7. The van der Waals surface area contributed by atoms with E-state index >= 15 is 0 Å². The van der Waals surface area contributed by atoms with Gasteiger partial charge in [-0.05, 0) is 63.2 Å². The normalized spacial score (nSPS) is 19.4. The third-order valence-electron chi connectivity index (χ3n) is 5.16. The van der Waals surface area contributed by atoms with Gasteiger partial charge in [-0.1, -0.05) is 0 Å². The smallest absolute Gasteiger partial charge is 0.271 e. The van der Waals surface area contributed by atoms with Gasteiger partial charge in [0.1, 0.15) is 9.96 Å². The molecule has 6 nitrogen and oxygen atoms in total. The highest BCUT2D eigenvalue weighted by atomic mass is 32.2. The van der Waals surface area contributed by atoms with Gasteiger partial charge in [0.15, 0.2) is 0 Å². The van der Waals surface area contributed by atoms with Crippen molar-refractivity contribution in [1.29, 1.82) is 0 Å². The van der Waals surface area contributed by atoms with E-state index in [4.69, 9.17) is 4.74 Å². The maximum atomic E-state index is 13.0. The number of aryl methyl sites for hydroxylation is 1. The summed E-state index contributed by atoms with van der Waals surface area (Å²) in [6.07, 6.45) is 0. The molecule has 166 valence electrons. The molecular weight excluding hydrogens is 450 g/mol. The number of rotatable bonds is 6. The molecule has 9 heteroatoms. The molecule has 2 aromatic heterocycles. The van der Waals surface area contributed by atoms with Gasteiger partial charge in [0.25, 0.3) is 10.0 Å². The number of sulfonamides is 1. The van der Waals surface area contributed by atoms with Gasteiger partial charge in [-0.15, -0.1) is 22.7 Å². The highest BCUT2D eigenvalue weighted by molar-refractivity contribution is 7.94. The maximum absolute atomic E-state index is 13.0. The molecule has 3 aromatic rings. The van der Waals surface area contributed by atoms with Gasteiger partial charge in [0.05, 0.1) is 18.5 Å². The monoisotopic (exact) mass is 477 g/mol. The molecule has 0 aliphatic carbocycles. The molecule has 0 saturated carbocycles. The molecule has 31 heavy (non-hydrogen) atoms. The number of piperazine rings is 1. The van der Waals surface area contributed by atoms with E-state index in [9.17, 15) is 8.42 Å². The molecule has 4 rings (SSSR count). The zero-order valence-corrected chi connectivity index (χ0v) is 20.5. The lowest BCUT2D eigenvalue weighted by molar-refractivity contribution is 0.391.